The first-order valence-electron chi connectivity index (χ1n) is 8.96. The van der Waals surface area contributed by atoms with Crippen LogP contribution >= 0.6 is 15.9 Å². The number of pyridine rings is 1. The van der Waals surface area contributed by atoms with Crippen molar-refractivity contribution in [3.63, 3.8) is 0 Å². The summed E-state index contributed by atoms with van der Waals surface area (Å²) >= 11 is 3.31. The summed E-state index contributed by atoms with van der Waals surface area (Å²) in [6.45, 7) is -0.0889. The Morgan fingerprint density at radius 1 is 1.27 bits per heavy atom. The molecule has 3 N–H and O–H groups in total. The Morgan fingerprint density at radius 3 is 2.83 bits per heavy atom. The molecule has 5 rings (SSSR count). The fraction of sp³-hybridized carbons (Fsp3) is 0.150. The second kappa shape index (κ2) is 6.49. The predicted octanol–water partition coefficient (Wildman–Crippen LogP) is 2.99. The van der Waals surface area contributed by atoms with E-state index in [1.54, 1.807) is 42.6 Å². The number of nitrogens with zero attached hydrogens (tertiary/aromatic N) is 2. The molecule has 4 aromatic rings. The number of hydrogen-bond donors (Lipinski definition) is 3. The first kappa shape index (κ1) is 18.5. The summed E-state index contributed by atoms with van der Waals surface area (Å²) in [4.78, 5) is 29.3. The van der Waals surface area contributed by atoms with Gasteiger partial charge in [-0.15, -0.1) is 0 Å². The number of carbonyl (C=O) groups excluding carboxylic acids is 2. The van der Waals surface area contributed by atoms with Gasteiger partial charge in [0.25, 0.3) is 5.91 Å². The second-order valence-corrected chi connectivity index (χ2v) is 7.79. The third-order valence-electron chi connectivity index (χ3n) is 5.18. The van der Waals surface area contributed by atoms with Crippen LogP contribution in [0.25, 0.3) is 21.9 Å². The number of rotatable bonds is 4. The first-order valence-corrected chi connectivity index (χ1v) is 9.75. The number of ether oxygens (including phenoxy) is 1. The summed E-state index contributed by atoms with van der Waals surface area (Å²) < 4.78 is 13.2. The molecule has 4 heterocycles. The van der Waals surface area contributed by atoms with Crippen LogP contribution in [0.15, 0.2) is 51.6 Å². The van der Waals surface area contributed by atoms with Gasteiger partial charge in [-0.3, -0.25) is 10.1 Å². The molecule has 0 saturated carbocycles. The molecule has 152 valence electrons. The maximum atomic E-state index is 12.9. The highest BCUT2D eigenvalue weighted by Gasteiger charge is 2.51. The van der Waals surface area contributed by atoms with Crippen molar-refractivity contribution in [1.29, 1.82) is 0 Å². The minimum Gasteiger partial charge on any atom is -0.497 e. The van der Waals surface area contributed by atoms with E-state index in [2.05, 4.69) is 31.5 Å². The van der Waals surface area contributed by atoms with Crippen molar-refractivity contribution in [2.45, 2.75) is 12.1 Å². The highest BCUT2D eigenvalue weighted by molar-refractivity contribution is 9.10. The lowest BCUT2D eigenvalue weighted by atomic mass is 9.96. The molecule has 1 saturated heterocycles. The molecule has 1 aliphatic heterocycles. The molecule has 0 bridgehead atoms. The Kier molecular flexibility index (Phi) is 4.00. The van der Waals surface area contributed by atoms with E-state index in [9.17, 15) is 14.7 Å². The molecule has 1 aliphatic rings. The highest BCUT2D eigenvalue weighted by atomic mass is 79.9. The van der Waals surface area contributed by atoms with Crippen LogP contribution in [0.1, 0.15) is 5.76 Å². The molecule has 9 nitrogen and oxygen atoms in total. The van der Waals surface area contributed by atoms with Gasteiger partial charge in [-0.05, 0) is 46.3 Å². The molecular formula is C20H15BrN4O5. The van der Waals surface area contributed by atoms with Crippen molar-refractivity contribution in [3.05, 3.63) is 53.0 Å². The molecule has 0 radical (unpaired) electrons. The molecule has 10 heteroatoms. The Hall–Kier alpha value is -3.53. The standard InChI is InChI=1S/C20H15BrN4O5/c1-29-11-3-2-10-8-25(17(26)12(10)6-11)9-20(18(27)23-19(28)24-20)15-7-13-14(30-15)4-5-16(21)22-13/h2-8,26H,9H2,1H3,(H2,23,24,27,28)/t20-/m0/s1. The lowest BCUT2D eigenvalue weighted by Crippen LogP contribution is -2.47. The number of furan rings is 1. The summed E-state index contributed by atoms with van der Waals surface area (Å²) in [5.41, 5.74) is -0.562. The van der Waals surface area contributed by atoms with Crippen molar-refractivity contribution < 1.29 is 23.8 Å². The van der Waals surface area contributed by atoms with E-state index in [1.807, 2.05) is 0 Å². The number of nitrogens with one attached hydrogen (secondary N) is 2. The average molecular weight is 471 g/mol. The quantitative estimate of drug-likeness (QED) is 0.311. The van der Waals surface area contributed by atoms with Crippen LogP contribution in [0.5, 0.6) is 11.6 Å². The van der Waals surface area contributed by atoms with Crippen LogP contribution in [0, 0.1) is 0 Å². The monoisotopic (exact) mass is 470 g/mol. The zero-order chi connectivity index (χ0) is 21.0. The number of halogens is 1. The largest absolute Gasteiger partial charge is 0.497 e. The van der Waals surface area contributed by atoms with Gasteiger partial charge in [0.05, 0.1) is 13.7 Å². The summed E-state index contributed by atoms with van der Waals surface area (Å²) in [6.07, 6.45) is 1.70. The molecule has 3 aromatic heterocycles. The van der Waals surface area contributed by atoms with E-state index in [1.165, 1.54) is 11.7 Å². The Balaban J connectivity index is 1.65. The van der Waals surface area contributed by atoms with E-state index in [0.717, 1.165) is 5.39 Å². The smallest absolute Gasteiger partial charge is 0.322 e. The van der Waals surface area contributed by atoms with Gasteiger partial charge in [-0.1, -0.05) is 0 Å². The van der Waals surface area contributed by atoms with Crippen molar-refractivity contribution in [1.82, 2.24) is 20.2 Å². The molecule has 1 atom stereocenters. The third kappa shape index (κ3) is 2.71. The van der Waals surface area contributed by atoms with Crippen LogP contribution in [-0.2, 0) is 16.9 Å². The number of urea groups is 1. The number of benzene rings is 1. The number of amides is 3. The highest BCUT2D eigenvalue weighted by Crippen LogP contribution is 2.36. The number of fused-ring (bicyclic) bond motifs is 2. The summed E-state index contributed by atoms with van der Waals surface area (Å²) in [6, 6.07) is 9.66. The molecule has 0 spiro atoms. The summed E-state index contributed by atoms with van der Waals surface area (Å²) in [5, 5.41) is 17.0. The van der Waals surface area contributed by atoms with Gasteiger partial charge >= 0.3 is 6.03 Å². The van der Waals surface area contributed by atoms with E-state index in [0.29, 0.717) is 26.8 Å². The normalized spacial score (nSPS) is 18.7. The van der Waals surface area contributed by atoms with Gasteiger partial charge in [0.2, 0.25) is 0 Å². The number of aromatic hydroxyl groups is 1. The molecular weight excluding hydrogens is 456 g/mol. The number of hydrogen-bond acceptors (Lipinski definition) is 6. The second-order valence-electron chi connectivity index (χ2n) is 6.98. The van der Waals surface area contributed by atoms with E-state index in [4.69, 9.17) is 9.15 Å². The maximum Gasteiger partial charge on any atom is 0.322 e. The Labute approximate surface area is 177 Å². The fourth-order valence-electron chi connectivity index (χ4n) is 3.69. The van der Waals surface area contributed by atoms with Crippen LogP contribution in [0.3, 0.4) is 0 Å². The topological polar surface area (TPSA) is 119 Å². The lowest BCUT2D eigenvalue weighted by Gasteiger charge is -2.24. The summed E-state index contributed by atoms with van der Waals surface area (Å²) in [7, 11) is 1.54. The third-order valence-corrected chi connectivity index (χ3v) is 5.62. The zero-order valence-corrected chi connectivity index (χ0v) is 17.2. The van der Waals surface area contributed by atoms with E-state index in [-0.39, 0.29) is 18.2 Å². The van der Waals surface area contributed by atoms with Crippen molar-refractivity contribution in [2.24, 2.45) is 0 Å². The molecule has 0 unspecified atom stereocenters. The van der Waals surface area contributed by atoms with Gasteiger partial charge in [0.1, 0.15) is 21.6 Å². The van der Waals surface area contributed by atoms with Gasteiger partial charge < -0.3 is 24.1 Å². The lowest BCUT2D eigenvalue weighted by molar-refractivity contribution is -0.125. The Morgan fingerprint density at radius 2 is 2.10 bits per heavy atom. The zero-order valence-electron chi connectivity index (χ0n) is 15.6. The molecule has 30 heavy (non-hydrogen) atoms. The minimum absolute atomic E-state index is 0.0609. The number of methoxy groups -OCH3 is 1. The number of imide groups is 1. The molecule has 3 amide bonds. The Bertz CT molecular complexity index is 1340. The fourth-order valence-corrected chi connectivity index (χ4v) is 4.02. The van der Waals surface area contributed by atoms with E-state index >= 15 is 0 Å². The first-order chi connectivity index (χ1) is 14.4. The van der Waals surface area contributed by atoms with Crippen molar-refractivity contribution in [2.75, 3.05) is 7.11 Å². The maximum absolute atomic E-state index is 12.9. The van der Waals surface area contributed by atoms with Gasteiger partial charge in [0.15, 0.2) is 17.0 Å². The summed E-state index contributed by atoms with van der Waals surface area (Å²) in [5.74, 6) is 0.155. The van der Waals surface area contributed by atoms with Crippen LogP contribution < -0.4 is 15.4 Å². The van der Waals surface area contributed by atoms with Crippen LogP contribution in [0.4, 0.5) is 4.79 Å². The van der Waals surface area contributed by atoms with E-state index < -0.39 is 17.5 Å². The van der Waals surface area contributed by atoms with Crippen molar-refractivity contribution in [3.8, 4) is 11.6 Å². The van der Waals surface area contributed by atoms with Gasteiger partial charge in [-0.25, -0.2) is 9.78 Å². The predicted molar refractivity (Wildman–Crippen MR) is 110 cm³/mol. The van der Waals surface area contributed by atoms with Crippen LogP contribution in [-0.4, -0.2) is 33.7 Å². The van der Waals surface area contributed by atoms with Gasteiger partial charge in [0, 0.05) is 23.0 Å². The minimum atomic E-state index is -1.55. The number of aromatic nitrogens is 2. The number of carbonyl (C=O) groups is 2. The van der Waals surface area contributed by atoms with Crippen LogP contribution in [0.2, 0.25) is 0 Å². The molecule has 1 fully saturated rings. The molecule has 0 aliphatic carbocycles. The molecule has 1 aromatic carbocycles. The van der Waals surface area contributed by atoms with Crippen molar-refractivity contribution >= 4 is 49.7 Å². The van der Waals surface area contributed by atoms with Gasteiger partial charge in [-0.2, -0.15) is 0 Å². The average Bonchev–Trinajstić information content (AvgIpc) is 3.36. The SMILES string of the molecule is COc1ccc2cn(C[C@@]3(c4cc5nc(Br)ccc5o4)NC(=O)NC3=O)c(O)c2c1.